The predicted molar refractivity (Wildman–Crippen MR) is 147 cm³/mol. The minimum absolute atomic E-state index is 0.139. The van der Waals surface area contributed by atoms with Crippen LogP contribution in [0.25, 0.3) is 10.9 Å². The topological polar surface area (TPSA) is 107 Å². The number of benzene rings is 2. The first-order valence-electron chi connectivity index (χ1n) is 13.2. The van der Waals surface area contributed by atoms with Gasteiger partial charge in [-0.1, -0.05) is 6.92 Å². The number of nitrogens with one attached hydrogen (secondary N) is 3. The number of aromatic amines is 1. The molecule has 0 spiro atoms. The van der Waals surface area contributed by atoms with Crippen LogP contribution in [0.15, 0.2) is 42.6 Å². The van der Waals surface area contributed by atoms with Gasteiger partial charge in [-0.3, -0.25) is 19.5 Å². The van der Waals surface area contributed by atoms with Gasteiger partial charge in [0, 0.05) is 34.6 Å². The van der Waals surface area contributed by atoms with Crippen molar-refractivity contribution in [2.75, 3.05) is 11.9 Å². The molecular weight excluding hydrogens is 517 g/mol. The Bertz CT molecular complexity index is 1610. The molecule has 4 aromatic rings. The van der Waals surface area contributed by atoms with E-state index in [1.54, 1.807) is 35.4 Å². The van der Waals surface area contributed by atoms with Gasteiger partial charge >= 0.3 is 0 Å². The van der Waals surface area contributed by atoms with Gasteiger partial charge in [-0.15, -0.1) is 11.3 Å². The lowest BCUT2D eigenvalue weighted by Gasteiger charge is -2.30. The van der Waals surface area contributed by atoms with E-state index in [0.717, 1.165) is 39.7 Å². The van der Waals surface area contributed by atoms with E-state index in [4.69, 9.17) is 0 Å². The molecule has 2 aromatic heterocycles. The zero-order valence-electron chi connectivity index (χ0n) is 21.5. The van der Waals surface area contributed by atoms with Crippen LogP contribution in [0.5, 0.6) is 0 Å². The van der Waals surface area contributed by atoms with Gasteiger partial charge in [0.1, 0.15) is 11.9 Å². The van der Waals surface area contributed by atoms with Crippen molar-refractivity contribution in [3.05, 3.63) is 80.4 Å². The second kappa shape index (κ2) is 10.3. The maximum atomic E-state index is 14.1. The Morgan fingerprint density at radius 2 is 1.95 bits per heavy atom. The fraction of sp³-hybridized carbons (Fsp3) is 0.310. The van der Waals surface area contributed by atoms with Crippen LogP contribution in [0, 0.1) is 5.82 Å². The smallest absolute Gasteiger partial charge is 0.265 e. The summed E-state index contributed by atoms with van der Waals surface area (Å²) in [7, 11) is 0. The summed E-state index contributed by atoms with van der Waals surface area (Å²) in [6.45, 7) is 2.78. The molecule has 2 aromatic carbocycles. The second-order valence-corrected chi connectivity index (χ2v) is 11.2. The molecule has 39 heavy (non-hydrogen) atoms. The van der Waals surface area contributed by atoms with Crippen LogP contribution in [-0.4, -0.2) is 45.4 Å². The highest BCUT2D eigenvalue weighted by Crippen LogP contribution is 2.33. The summed E-state index contributed by atoms with van der Waals surface area (Å²) < 4.78 is 14.1. The Balaban J connectivity index is 1.12. The summed E-state index contributed by atoms with van der Waals surface area (Å²) in [6.07, 6.45) is 5.10. The van der Waals surface area contributed by atoms with E-state index in [1.807, 2.05) is 13.0 Å². The Labute approximate surface area is 228 Å². The van der Waals surface area contributed by atoms with Crippen molar-refractivity contribution in [1.82, 2.24) is 20.4 Å². The average molecular weight is 546 g/mol. The summed E-state index contributed by atoms with van der Waals surface area (Å²) in [6, 6.07) is 9.49. The average Bonchev–Trinajstić information content (AvgIpc) is 3.71. The van der Waals surface area contributed by atoms with Crippen molar-refractivity contribution in [3.8, 4) is 0 Å². The molecule has 0 fully saturated rings. The molecule has 1 atom stereocenters. The van der Waals surface area contributed by atoms with Crippen LogP contribution in [0.4, 0.5) is 10.1 Å². The first-order valence-corrected chi connectivity index (χ1v) is 14.0. The number of amides is 3. The third-order valence-electron chi connectivity index (χ3n) is 7.59. The number of H-pyrrole nitrogens is 1. The van der Waals surface area contributed by atoms with Crippen molar-refractivity contribution in [2.24, 2.45) is 0 Å². The standard InChI is InChI=1S/C29H28FN5O3S/c1-2-22(32-27(36)16-6-8-23-17(12-16)14-31-34-23)29(38)35-11-10-25-18(15-35)13-26(39-25)28(37)33-24-9-7-21(30)19-4-3-5-20(19)24/h6-9,12-14,22H,2-5,10-11,15H2,1H3,(H,31,34)(H,32,36)(H,33,37)/t22-/m1/s1. The minimum atomic E-state index is -0.652. The van der Waals surface area contributed by atoms with Crippen molar-refractivity contribution >= 4 is 45.6 Å². The number of nitrogens with zero attached hydrogens (tertiary/aromatic N) is 2. The van der Waals surface area contributed by atoms with Crippen molar-refractivity contribution in [1.29, 1.82) is 0 Å². The molecule has 6 rings (SSSR count). The molecule has 1 aliphatic heterocycles. The van der Waals surface area contributed by atoms with Gasteiger partial charge in [-0.2, -0.15) is 5.10 Å². The largest absolute Gasteiger partial charge is 0.340 e. The molecule has 3 amide bonds. The van der Waals surface area contributed by atoms with Gasteiger partial charge < -0.3 is 15.5 Å². The second-order valence-electron chi connectivity index (χ2n) is 10.0. The minimum Gasteiger partial charge on any atom is -0.340 e. The Kier molecular flexibility index (Phi) is 6.64. The summed E-state index contributed by atoms with van der Waals surface area (Å²) in [5.41, 5.74) is 4.51. The number of fused-ring (bicyclic) bond motifs is 3. The molecule has 2 aliphatic rings. The molecule has 3 heterocycles. The Morgan fingerprint density at radius 1 is 1.10 bits per heavy atom. The van der Waals surface area contributed by atoms with E-state index in [-0.39, 0.29) is 23.5 Å². The highest BCUT2D eigenvalue weighted by molar-refractivity contribution is 7.14. The summed E-state index contributed by atoms with van der Waals surface area (Å²) in [5.74, 6) is -0.878. The summed E-state index contributed by atoms with van der Waals surface area (Å²) in [4.78, 5) is 42.8. The molecule has 1 aliphatic carbocycles. The fourth-order valence-electron chi connectivity index (χ4n) is 5.48. The zero-order valence-corrected chi connectivity index (χ0v) is 22.3. The summed E-state index contributed by atoms with van der Waals surface area (Å²) in [5, 5.41) is 13.5. The van der Waals surface area contributed by atoms with Crippen molar-refractivity contribution in [2.45, 2.75) is 51.6 Å². The lowest BCUT2D eigenvalue weighted by molar-refractivity contribution is -0.134. The van der Waals surface area contributed by atoms with E-state index in [9.17, 15) is 18.8 Å². The lowest BCUT2D eigenvalue weighted by Crippen LogP contribution is -2.49. The Hall–Kier alpha value is -4.05. The Morgan fingerprint density at radius 3 is 2.79 bits per heavy atom. The van der Waals surface area contributed by atoms with Crippen LogP contribution < -0.4 is 10.6 Å². The highest BCUT2D eigenvalue weighted by Gasteiger charge is 2.30. The third-order valence-corrected chi connectivity index (χ3v) is 8.83. The van der Waals surface area contributed by atoms with E-state index >= 15 is 0 Å². The number of hydrogen-bond acceptors (Lipinski definition) is 5. The molecular formula is C29H28FN5O3S. The molecule has 0 radical (unpaired) electrons. The van der Waals surface area contributed by atoms with E-state index in [1.165, 1.54) is 17.4 Å². The predicted octanol–water partition coefficient (Wildman–Crippen LogP) is 4.60. The fourth-order valence-corrected chi connectivity index (χ4v) is 6.54. The SMILES string of the molecule is CC[C@@H](NC(=O)c1ccc2[nH]ncc2c1)C(=O)N1CCc2sc(C(=O)Nc3ccc(F)c4c3CCC4)cc2C1. The number of thiophene rings is 1. The first kappa shape index (κ1) is 25.2. The molecule has 0 saturated heterocycles. The monoisotopic (exact) mass is 545 g/mol. The van der Waals surface area contributed by atoms with Gasteiger partial charge in [0.15, 0.2) is 0 Å². The normalized spacial score (nSPS) is 15.1. The van der Waals surface area contributed by atoms with Crippen molar-refractivity contribution in [3.63, 3.8) is 0 Å². The number of carbonyl (C=O) groups excluding carboxylic acids is 3. The van der Waals surface area contributed by atoms with Gasteiger partial charge in [0.2, 0.25) is 5.91 Å². The zero-order chi connectivity index (χ0) is 27.1. The number of hydrogen-bond donors (Lipinski definition) is 3. The molecule has 0 bridgehead atoms. The van der Waals surface area contributed by atoms with E-state index in [2.05, 4.69) is 20.8 Å². The molecule has 3 N–H and O–H groups in total. The maximum Gasteiger partial charge on any atom is 0.265 e. The van der Waals surface area contributed by atoms with Gasteiger partial charge in [0.05, 0.1) is 16.6 Å². The molecule has 200 valence electrons. The van der Waals surface area contributed by atoms with E-state index < -0.39 is 6.04 Å². The first-order chi connectivity index (χ1) is 18.9. The highest BCUT2D eigenvalue weighted by atomic mass is 32.1. The van der Waals surface area contributed by atoms with Crippen LogP contribution >= 0.6 is 11.3 Å². The quantitative estimate of drug-likeness (QED) is 0.329. The molecule has 0 unspecified atom stereocenters. The van der Waals surface area contributed by atoms with Crippen LogP contribution in [0.2, 0.25) is 0 Å². The van der Waals surface area contributed by atoms with Crippen LogP contribution in [0.3, 0.4) is 0 Å². The lowest BCUT2D eigenvalue weighted by atomic mass is 10.1. The van der Waals surface area contributed by atoms with Crippen LogP contribution in [0.1, 0.15) is 61.4 Å². The van der Waals surface area contributed by atoms with Gasteiger partial charge in [-0.05, 0) is 85.2 Å². The molecule has 10 heteroatoms. The number of rotatable bonds is 6. The molecule has 0 saturated carbocycles. The van der Waals surface area contributed by atoms with Crippen molar-refractivity contribution < 1.29 is 18.8 Å². The summed E-state index contributed by atoms with van der Waals surface area (Å²) >= 11 is 1.44. The maximum absolute atomic E-state index is 14.1. The van der Waals surface area contributed by atoms with Gasteiger partial charge in [-0.25, -0.2) is 4.39 Å². The molecule has 8 nitrogen and oxygen atoms in total. The van der Waals surface area contributed by atoms with Crippen LogP contribution in [-0.2, 0) is 30.6 Å². The number of halogens is 1. The number of aromatic nitrogens is 2. The van der Waals surface area contributed by atoms with Gasteiger partial charge in [0.25, 0.3) is 11.8 Å². The number of carbonyl (C=O) groups is 3. The third kappa shape index (κ3) is 4.80. The number of anilines is 1. The van der Waals surface area contributed by atoms with E-state index in [0.29, 0.717) is 54.0 Å².